The van der Waals surface area contributed by atoms with Crippen molar-refractivity contribution < 1.29 is 4.74 Å². The van der Waals surface area contributed by atoms with Crippen LogP contribution < -0.4 is 0 Å². The van der Waals surface area contributed by atoms with Crippen LogP contribution in [0, 0.1) is 5.92 Å². The molecule has 1 aliphatic carbocycles. The van der Waals surface area contributed by atoms with Gasteiger partial charge < -0.3 is 4.74 Å². The Morgan fingerprint density at radius 3 is 2.36 bits per heavy atom. The smallest absolute Gasteiger partial charge is 0.0720 e. The van der Waals surface area contributed by atoms with E-state index in [0.29, 0.717) is 18.6 Å². The Morgan fingerprint density at radius 2 is 1.68 bits per heavy atom. The van der Waals surface area contributed by atoms with Gasteiger partial charge >= 0.3 is 0 Å². The minimum atomic E-state index is 0.374. The summed E-state index contributed by atoms with van der Waals surface area (Å²) < 4.78 is 5.93. The molecule has 112 valence electrons. The van der Waals surface area contributed by atoms with Gasteiger partial charge in [-0.3, -0.25) is 0 Å². The van der Waals surface area contributed by atoms with Gasteiger partial charge in [-0.15, -0.1) is 0 Å². The van der Waals surface area contributed by atoms with Crippen LogP contribution in [0.4, 0.5) is 0 Å². The summed E-state index contributed by atoms with van der Waals surface area (Å²) in [6.45, 7) is 1.48. The maximum absolute atomic E-state index is 5.93. The molecule has 0 bridgehead atoms. The van der Waals surface area contributed by atoms with Crippen LogP contribution in [-0.4, -0.2) is 17.8 Å². The number of rotatable bonds is 6. The maximum atomic E-state index is 5.93. The van der Waals surface area contributed by atoms with Crippen LogP contribution >= 0.6 is 12.2 Å². The fourth-order valence-corrected chi connectivity index (χ4v) is 2.84. The predicted octanol–water partition coefficient (Wildman–Crippen LogP) is 4.75. The molecule has 2 aromatic carbocycles. The Morgan fingerprint density at radius 1 is 1.00 bits per heavy atom. The predicted molar refractivity (Wildman–Crippen MR) is 93.1 cm³/mol. The van der Waals surface area contributed by atoms with Crippen molar-refractivity contribution in [1.82, 2.24) is 0 Å². The van der Waals surface area contributed by atoms with Gasteiger partial charge in [-0.25, -0.2) is 4.99 Å². The second-order valence-corrected chi connectivity index (χ2v) is 5.95. The summed E-state index contributed by atoms with van der Waals surface area (Å²) in [7, 11) is 0. The summed E-state index contributed by atoms with van der Waals surface area (Å²) >= 11 is 4.58. The lowest BCUT2D eigenvalue weighted by Crippen LogP contribution is -2.32. The van der Waals surface area contributed by atoms with E-state index in [9.17, 15) is 0 Å². The molecule has 0 aromatic heterocycles. The van der Waals surface area contributed by atoms with E-state index in [0.717, 1.165) is 19.4 Å². The van der Waals surface area contributed by atoms with Crippen molar-refractivity contribution in [2.45, 2.75) is 25.6 Å². The van der Waals surface area contributed by atoms with Crippen molar-refractivity contribution in [2.75, 3.05) is 6.54 Å². The number of benzene rings is 2. The molecule has 1 fully saturated rings. The van der Waals surface area contributed by atoms with Crippen molar-refractivity contribution >= 4 is 17.4 Å². The fourth-order valence-electron chi connectivity index (χ4n) is 2.76. The van der Waals surface area contributed by atoms with Gasteiger partial charge in [-0.2, -0.15) is 0 Å². The van der Waals surface area contributed by atoms with E-state index in [1.54, 1.807) is 0 Å². The van der Waals surface area contributed by atoms with Crippen LogP contribution in [0.1, 0.15) is 18.4 Å². The number of ether oxygens (including phenoxy) is 1. The molecule has 3 rings (SSSR count). The van der Waals surface area contributed by atoms with Crippen molar-refractivity contribution in [3.05, 3.63) is 60.2 Å². The highest BCUT2D eigenvalue weighted by Gasteiger charge is 2.29. The molecule has 0 heterocycles. The molecule has 0 unspecified atom stereocenters. The molecule has 0 amide bonds. The normalized spacial score (nSPS) is 20.0. The van der Waals surface area contributed by atoms with Gasteiger partial charge in [0, 0.05) is 0 Å². The summed E-state index contributed by atoms with van der Waals surface area (Å²) in [6, 6.07) is 19.0. The zero-order valence-electron chi connectivity index (χ0n) is 12.4. The molecule has 1 aliphatic rings. The highest BCUT2D eigenvalue weighted by atomic mass is 32.1. The largest absolute Gasteiger partial charge is 0.374 e. The van der Waals surface area contributed by atoms with Crippen LogP contribution in [0.25, 0.3) is 11.1 Å². The van der Waals surface area contributed by atoms with Gasteiger partial charge in [-0.1, -0.05) is 54.6 Å². The molecular formula is C19H19NOS. The first-order valence-electron chi connectivity index (χ1n) is 7.65. The first kappa shape index (κ1) is 15.1. The molecule has 2 nitrogen and oxygen atoms in total. The summed E-state index contributed by atoms with van der Waals surface area (Å²) in [5.41, 5.74) is 3.71. The monoisotopic (exact) mass is 309 g/mol. The van der Waals surface area contributed by atoms with Gasteiger partial charge in [0.05, 0.1) is 24.4 Å². The SMILES string of the molecule is S=C=NC[C@H]1C[C@@H](OCc2ccc(-c3ccccc3)cc2)C1. The summed E-state index contributed by atoms with van der Waals surface area (Å²) in [6.07, 6.45) is 2.55. The molecule has 0 aliphatic heterocycles. The average molecular weight is 309 g/mol. The highest BCUT2D eigenvalue weighted by molar-refractivity contribution is 7.78. The van der Waals surface area contributed by atoms with E-state index in [1.807, 2.05) is 6.07 Å². The summed E-state index contributed by atoms with van der Waals surface area (Å²) in [5.74, 6) is 0.626. The molecule has 0 N–H and O–H groups in total. The van der Waals surface area contributed by atoms with E-state index in [4.69, 9.17) is 4.74 Å². The maximum Gasteiger partial charge on any atom is 0.0720 e. The number of thiocarbonyl (C=S) groups is 1. The topological polar surface area (TPSA) is 21.6 Å². The van der Waals surface area contributed by atoms with E-state index >= 15 is 0 Å². The Bertz CT molecular complexity index is 641. The number of hydrogen-bond acceptors (Lipinski definition) is 3. The first-order chi connectivity index (χ1) is 10.8. The number of nitrogens with zero attached hydrogens (tertiary/aromatic N) is 1. The number of hydrogen-bond donors (Lipinski definition) is 0. The third kappa shape index (κ3) is 3.89. The third-order valence-electron chi connectivity index (χ3n) is 4.15. The molecule has 0 spiro atoms. The highest BCUT2D eigenvalue weighted by Crippen LogP contribution is 2.31. The minimum absolute atomic E-state index is 0.374. The Labute approximate surface area is 136 Å². The Hall–Kier alpha value is -1.80. The van der Waals surface area contributed by atoms with Crippen LogP contribution in [0.15, 0.2) is 59.6 Å². The van der Waals surface area contributed by atoms with Crippen LogP contribution in [0.5, 0.6) is 0 Å². The van der Waals surface area contributed by atoms with Crippen LogP contribution in [-0.2, 0) is 11.3 Å². The molecule has 22 heavy (non-hydrogen) atoms. The molecule has 3 heteroatoms. The lowest BCUT2D eigenvalue weighted by atomic mass is 9.82. The van der Waals surface area contributed by atoms with Gasteiger partial charge in [-0.05, 0) is 47.7 Å². The molecular weight excluding hydrogens is 290 g/mol. The molecule has 0 atom stereocenters. The van der Waals surface area contributed by atoms with Crippen LogP contribution in [0.3, 0.4) is 0 Å². The molecule has 2 aromatic rings. The van der Waals surface area contributed by atoms with Crippen molar-refractivity contribution in [1.29, 1.82) is 0 Å². The second kappa shape index (κ2) is 7.46. The van der Waals surface area contributed by atoms with Gasteiger partial charge in [0.1, 0.15) is 0 Å². The lowest BCUT2D eigenvalue weighted by molar-refractivity contribution is -0.0374. The molecule has 0 saturated heterocycles. The zero-order valence-corrected chi connectivity index (χ0v) is 13.3. The Balaban J connectivity index is 1.47. The van der Waals surface area contributed by atoms with E-state index in [1.165, 1.54) is 16.7 Å². The van der Waals surface area contributed by atoms with Crippen molar-refractivity contribution in [3.63, 3.8) is 0 Å². The standard InChI is InChI=1S/C19H19NOS/c22-14-20-12-16-10-19(11-16)21-13-15-6-8-18(9-7-15)17-4-2-1-3-5-17/h1-9,16,19H,10-13H2/t16-,19+. The van der Waals surface area contributed by atoms with E-state index < -0.39 is 0 Å². The van der Waals surface area contributed by atoms with E-state index in [2.05, 4.69) is 70.9 Å². The number of isothiocyanates is 1. The fraction of sp³-hybridized carbons (Fsp3) is 0.316. The van der Waals surface area contributed by atoms with Gasteiger partial charge in [0.25, 0.3) is 0 Å². The quantitative estimate of drug-likeness (QED) is 0.567. The molecule has 1 saturated carbocycles. The average Bonchev–Trinajstić information content (AvgIpc) is 2.54. The summed E-state index contributed by atoms with van der Waals surface area (Å²) in [5, 5.41) is 2.43. The Kier molecular flexibility index (Phi) is 5.12. The van der Waals surface area contributed by atoms with E-state index in [-0.39, 0.29) is 0 Å². The third-order valence-corrected chi connectivity index (χ3v) is 4.28. The minimum Gasteiger partial charge on any atom is -0.374 e. The molecule has 0 radical (unpaired) electrons. The lowest BCUT2D eigenvalue weighted by Gasteiger charge is -2.33. The first-order valence-corrected chi connectivity index (χ1v) is 8.05. The number of aliphatic imine (C=N–C) groups is 1. The summed E-state index contributed by atoms with van der Waals surface area (Å²) in [4.78, 5) is 3.99. The second-order valence-electron chi connectivity index (χ2n) is 5.77. The van der Waals surface area contributed by atoms with Crippen molar-refractivity contribution in [3.8, 4) is 11.1 Å². The van der Waals surface area contributed by atoms with Crippen LogP contribution in [0.2, 0.25) is 0 Å². The van der Waals surface area contributed by atoms with Gasteiger partial charge in [0.15, 0.2) is 0 Å². The zero-order chi connectivity index (χ0) is 15.2. The van der Waals surface area contributed by atoms with Gasteiger partial charge in [0.2, 0.25) is 0 Å². The van der Waals surface area contributed by atoms with Crippen molar-refractivity contribution in [2.24, 2.45) is 10.9 Å².